The number of aromatic amines is 1. The number of hydrogen-bond acceptors (Lipinski definition) is 8. The third kappa shape index (κ3) is 6.61. The van der Waals surface area contributed by atoms with Gasteiger partial charge in [-0.3, -0.25) is 19.5 Å². The van der Waals surface area contributed by atoms with E-state index >= 15 is 0 Å². The molecule has 1 aliphatic carbocycles. The summed E-state index contributed by atoms with van der Waals surface area (Å²) in [6.45, 7) is 2.06. The van der Waals surface area contributed by atoms with Crippen molar-refractivity contribution in [2.24, 2.45) is 5.92 Å². The molecule has 0 aliphatic heterocycles. The molecule has 5 N–H and O–H groups in total. The van der Waals surface area contributed by atoms with E-state index in [0.29, 0.717) is 24.4 Å². The molecule has 158 valence electrons. The van der Waals surface area contributed by atoms with E-state index < -0.39 is 12.1 Å². The van der Waals surface area contributed by atoms with E-state index in [1.165, 1.54) is 17.7 Å². The van der Waals surface area contributed by atoms with Crippen LogP contribution in [0.15, 0.2) is 11.7 Å². The van der Waals surface area contributed by atoms with Crippen molar-refractivity contribution in [1.29, 1.82) is 0 Å². The maximum atomic E-state index is 12.3. The topological polar surface area (TPSA) is 170 Å². The Hall–Kier alpha value is -2.86. The number of thiazole rings is 1. The predicted octanol–water partition coefficient (Wildman–Crippen LogP) is 0.100. The zero-order valence-electron chi connectivity index (χ0n) is 15.9. The van der Waals surface area contributed by atoms with Gasteiger partial charge in [-0.1, -0.05) is 6.92 Å². The molecule has 0 spiro atoms. The molecule has 2 heterocycles. The number of rotatable bonds is 7. The van der Waals surface area contributed by atoms with Gasteiger partial charge in [-0.05, 0) is 25.7 Å². The molecule has 0 aromatic carbocycles. The maximum absolute atomic E-state index is 12.3. The molecule has 29 heavy (non-hydrogen) atoms. The fourth-order valence-corrected chi connectivity index (χ4v) is 3.88. The average molecular weight is 424 g/mol. The summed E-state index contributed by atoms with van der Waals surface area (Å²) >= 11 is 1.46. The number of carbonyl (C=O) groups excluding carboxylic acids is 2. The summed E-state index contributed by atoms with van der Waals surface area (Å²) in [4.78, 5) is 41.2. The van der Waals surface area contributed by atoms with Gasteiger partial charge in [-0.25, -0.2) is 9.97 Å². The van der Waals surface area contributed by atoms with E-state index in [-0.39, 0.29) is 30.7 Å². The van der Waals surface area contributed by atoms with Gasteiger partial charge in [0.25, 0.3) is 12.4 Å². The van der Waals surface area contributed by atoms with Gasteiger partial charge in [-0.15, -0.1) is 11.3 Å². The lowest BCUT2D eigenvalue weighted by molar-refractivity contribution is -0.125. The van der Waals surface area contributed by atoms with Gasteiger partial charge in [0.2, 0.25) is 5.91 Å². The number of nitrogens with one attached hydrogen (secondary N) is 3. The summed E-state index contributed by atoms with van der Waals surface area (Å²) in [5.74, 6) is -0.274. The van der Waals surface area contributed by atoms with Gasteiger partial charge in [0.1, 0.15) is 17.8 Å². The van der Waals surface area contributed by atoms with Crippen LogP contribution in [0.1, 0.15) is 47.5 Å². The molecular formula is C17H24N6O5S. The van der Waals surface area contributed by atoms with E-state index in [9.17, 15) is 14.7 Å². The largest absolute Gasteiger partial charge is 0.483 e. The quantitative estimate of drug-likeness (QED) is 0.390. The molecule has 0 saturated heterocycles. The van der Waals surface area contributed by atoms with Crippen LogP contribution in [0, 0.1) is 5.92 Å². The summed E-state index contributed by atoms with van der Waals surface area (Å²) in [5, 5.41) is 31.7. The summed E-state index contributed by atoms with van der Waals surface area (Å²) in [6, 6.07) is -0.458. The molecular weight excluding hydrogens is 400 g/mol. The molecule has 2 aromatic rings. The first-order valence-electron chi connectivity index (χ1n) is 9.11. The third-order valence-electron chi connectivity index (χ3n) is 4.36. The minimum absolute atomic E-state index is 0.170. The number of aromatic nitrogens is 4. The van der Waals surface area contributed by atoms with Gasteiger partial charge in [0.05, 0.1) is 23.7 Å². The summed E-state index contributed by atoms with van der Waals surface area (Å²) in [6.07, 6.45) is 3.13. The number of carboxylic acid groups (broad SMARTS) is 1. The Balaban J connectivity index is 0.000000941. The minimum atomic E-state index is -0.756. The highest BCUT2D eigenvalue weighted by Crippen LogP contribution is 2.27. The number of nitrogens with zero attached hydrogens (tertiary/aromatic N) is 3. The fourth-order valence-electron chi connectivity index (χ4n) is 3.00. The Labute approximate surface area is 171 Å². The van der Waals surface area contributed by atoms with Crippen LogP contribution >= 0.6 is 11.3 Å². The number of carbonyl (C=O) groups is 3. The lowest BCUT2D eigenvalue weighted by Crippen LogP contribution is -2.40. The second-order valence-electron chi connectivity index (χ2n) is 6.45. The number of amides is 2. The second kappa shape index (κ2) is 11.2. The number of hydrogen-bond donors (Lipinski definition) is 5. The van der Waals surface area contributed by atoms with Gasteiger partial charge in [0, 0.05) is 11.3 Å². The number of H-pyrrole nitrogens is 1. The molecule has 2 amide bonds. The first kappa shape index (κ1) is 22.4. The van der Waals surface area contributed by atoms with Crippen molar-refractivity contribution in [3.05, 3.63) is 28.2 Å². The highest BCUT2D eigenvalue weighted by Gasteiger charge is 2.38. The van der Waals surface area contributed by atoms with Crippen LogP contribution in [0.5, 0.6) is 0 Å². The molecule has 1 fully saturated rings. The molecule has 1 saturated carbocycles. The Kier molecular flexibility index (Phi) is 8.68. The smallest absolute Gasteiger partial charge is 0.290 e. The van der Waals surface area contributed by atoms with Crippen molar-refractivity contribution in [1.82, 2.24) is 30.8 Å². The van der Waals surface area contributed by atoms with Crippen LogP contribution in [-0.2, 0) is 22.6 Å². The first-order chi connectivity index (χ1) is 14.0. The zero-order valence-corrected chi connectivity index (χ0v) is 16.7. The molecule has 2 aromatic heterocycles. The SMILES string of the molecule is CCCc1nc(C(=O)N[C@H]2C[C@H](C(=O)NCc3ncn[nH]3)C[C@@H]2O)cs1.O=CO. The molecule has 3 rings (SSSR count). The average Bonchev–Trinajstić information content (AvgIpc) is 3.43. The van der Waals surface area contributed by atoms with E-state index in [1.807, 2.05) is 0 Å². The predicted molar refractivity (Wildman–Crippen MR) is 103 cm³/mol. The summed E-state index contributed by atoms with van der Waals surface area (Å²) in [5.41, 5.74) is 0.365. The van der Waals surface area contributed by atoms with Crippen LogP contribution in [0.25, 0.3) is 0 Å². The molecule has 11 nitrogen and oxygen atoms in total. The maximum Gasteiger partial charge on any atom is 0.290 e. The lowest BCUT2D eigenvalue weighted by atomic mass is 10.1. The van der Waals surface area contributed by atoms with E-state index in [4.69, 9.17) is 9.90 Å². The number of aliphatic hydroxyl groups is 1. The number of aliphatic hydroxyl groups excluding tert-OH is 1. The monoisotopic (exact) mass is 424 g/mol. The van der Waals surface area contributed by atoms with E-state index in [1.54, 1.807) is 5.38 Å². The van der Waals surface area contributed by atoms with Gasteiger partial charge < -0.3 is 20.8 Å². The Morgan fingerprint density at radius 1 is 1.41 bits per heavy atom. The Bertz CT molecular complexity index is 796. The highest BCUT2D eigenvalue weighted by molar-refractivity contribution is 7.09. The molecule has 0 radical (unpaired) electrons. The molecule has 0 bridgehead atoms. The van der Waals surface area contributed by atoms with Gasteiger partial charge in [-0.2, -0.15) is 5.10 Å². The van der Waals surface area contributed by atoms with E-state index in [2.05, 4.69) is 37.7 Å². The summed E-state index contributed by atoms with van der Waals surface area (Å²) < 4.78 is 0. The molecule has 0 unspecified atom stereocenters. The lowest BCUT2D eigenvalue weighted by Gasteiger charge is -2.15. The molecule has 3 atom stereocenters. The van der Waals surface area contributed by atoms with Crippen LogP contribution in [0.4, 0.5) is 0 Å². The summed E-state index contributed by atoms with van der Waals surface area (Å²) in [7, 11) is 0. The van der Waals surface area contributed by atoms with E-state index in [0.717, 1.165) is 17.8 Å². The van der Waals surface area contributed by atoms with Gasteiger partial charge >= 0.3 is 0 Å². The van der Waals surface area contributed by atoms with Crippen molar-refractivity contribution in [2.45, 2.75) is 51.3 Å². The fraction of sp³-hybridized carbons (Fsp3) is 0.529. The van der Waals surface area contributed by atoms with Crippen molar-refractivity contribution in [3.8, 4) is 0 Å². The number of aryl methyl sites for hydroxylation is 1. The normalized spacial score (nSPS) is 20.4. The van der Waals surface area contributed by atoms with Crippen LogP contribution in [0.2, 0.25) is 0 Å². The van der Waals surface area contributed by atoms with Crippen molar-refractivity contribution in [2.75, 3.05) is 0 Å². The van der Waals surface area contributed by atoms with Crippen molar-refractivity contribution < 1.29 is 24.6 Å². The van der Waals surface area contributed by atoms with Gasteiger partial charge in [0.15, 0.2) is 0 Å². The first-order valence-corrected chi connectivity index (χ1v) is 9.99. The van der Waals surface area contributed by atoms with Crippen molar-refractivity contribution in [3.63, 3.8) is 0 Å². The van der Waals surface area contributed by atoms with Crippen LogP contribution in [0.3, 0.4) is 0 Å². The van der Waals surface area contributed by atoms with Crippen LogP contribution in [-0.4, -0.2) is 60.8 Å². The van der Waals surface area contributed by atoms with Crippen LogP contribution < -0.4 is 10.6 Å². The standard InChI is InChI=1S/C16H22N6O3S.CH2O2/c1-2-3-14-20-11(7-26-14)16(25)21-10-4-9(5-12(10)23)15(24)17-6-13-18-8-19-22-13;2-1-3/h7-10,12,23H,2-6H2,1H3,(H,17,24)(H,21,25)(H,18,19,22);1H,(H,2,3)/t9-,10-,12-;/m0./s1. The second-order valence-corrected chi connectivity index (χ2v) is 7.39. The highest BCUT2D eigenvalue weighted by atomic mass is 32.1. The Morgan fingerprint density at radius 3 is 2.83 bits per heavy atom. The molecule has 12 heteroatoms. The Morgan fingerprint density at radius 2 is 2.17 bits per heavy atom. The minimum Gasteiger partial charge on any atom is -0.483 e. The zero-order chi connectivity index (χ0) is 21.2. The molecule has 1 aliphatic rings. The third-order valence-corrected chi connectivity index (χ3v) is 5.27. The van der Waals surface area contributed by atoms with Crippen molar-refractivity contribution >= 4 is 29.6 Å².